The smallest absolute Gasteiger partial charge is 0.265 e. The first-order valence-corrected chi connectivity index (χ1v) is 11.3. The van der Waals surface area contributed by atoms with E-state index in [1.54, 1.807) is 47.5 Å². The molecule has 0 atom stereocenters. The van der Waals surface area contributed by atoms with Gasteiger partial charge in [0, 0.05) is 24.6 Å². The number of aromatic nitrogens is 1. The zero-order chi connectivity index (χ0) is 22.2. The number of aryl methyl sites for hydroxylation is 2. The van der Waals surface area contributed by atoms with Gasteiger partial charge >= 0.3 is 0 Å². The number of sulfonamides is 1. The molecule has 0 unspecified atom stereocenters. The summed E-state index contributed by atoms with van der Waals surface area (Å²) in [5, 5.41) is 0. The number of amides is 1. The third-order valence-electron chi connectivity index (χ3n) is 5.46. The fourth-order valence-electron chi connectivity index (χ4n) is 3.64. The highest BCUT2D eigenvalue weighted by Crippen LogP contribution is 2.34. The molecular weight excluding hydrogens is 414 g/mol. The van der Waals surface area contributed by atoms with Gasteiger partial charge in [0.25, 0.3) is 15.9 Å². The van der Waals surface area contributed by atoms with Crippen LogP contribution in [0, 0.1) is 13.8 Å². The van der Waals surface area contributed by atoms with Crippen LogP contribution >= 0.6 is 0 Å². The Morgan fingerprint density at radius 1 is 1.13 bits per heavy atom. The van der Waals surface area contributed by atoms with Crippen molar-refractivity contribution in [1.29, 1.82) is 0 Å². The molecule has 31 heavy (non-hydrogen) atoms. The molecule has 0 saturated carbocycles. The summed E-state index contributed by atoms with van der Waals surface area (Å²) in [5.41, 5.74) is 4.34. The molecule has 0 spiro atoms. The van der Waals surface area contributed by atoms with Crippen LogP contribution in [0.2, 0.25) is 0 Å². The molecule has 0 radical (unpaired) electrons. The van der Waals surface area contributed by atoms with Crippen LogP contribution in [0.15, 0.2) is 59.8 Å². The molecule has 2 aromatic carbocycles. The van der Waals surface area contributed by atoms with E-state index in [2.05, 4.69) is 9.71 Å². The van der Waals surface area contributed by atoms with Crippen LogP contribution in [-0.4, -0.2) is 33.0 Å². The first kappa shape index (κ1) is 20.9. The fraction of sp³-hybridized carbons (Fsp3) is 0.217. The second-order valence-corrected chi connectivity index (χ2v) is 9.14. The minimum Gasteiger partial charge on any atom is -0.495 e. The minimum atomic E-state index is -3.89. The Bertz CT molecular complexity index is 1260. The summed E-state index contributed by atoms with van der Waals surface area (Å²) in [6.45, 7) is 4.28. The lowest BCUT2D eigenvalue weighted by molar-refractivity contribution is 0.0989. The maximum Gasteiger partial charge on any atom is 0.265 e. The predicted molar refractivity (Wildman–Crippen MR) is 119 cm³/mol. The predicted octanol–water partition coefficient (Wildman–Crippen LogP) is 3.71. The Labute approximate surface area is 181 Å². The Morgan fingerprint density at radius 2 is 1.90 bits per heavy atom. The number of carbonyl (C=O) groups excluding carboxylic acids is 1. The van der Waals surface area contributed by atoms with E-state index in [-0.39, 0.29) is 16.6 Å². The third-order valence-corrected chi connectivity index (χ3v) is 6.86. The molecule has 1 aliphatic heterocycles. The second-order valence-electron chi connectivity index (χ2n) is 7.48. The highest BCUT2D eigenvalue weighted by Gasteiger charge is 2.27. The fourth-order valence-corrected chi connectivity index (χ4v) is 4.93. The van der Waals surface area contributed by atoms with E-state index in [9.17, 15) is 13.2 Å². The van der Waals surface area contributed by atoms with Crippen LogP contribution in [0.25, 0.3) is 0 Å². The molecule has 0 saturated heterocycles. The van der Waals surface area contributed by atoms with Crippen molar-refractivity contribution in [3.05, 3.63) is 77.1 Å². The largest absolute Gasteiger partial charge is 0.495 e. The van der Waals surface area contributed by atoms with Crippen LogP contribution in [0.1, 0.15) is 27.0 Å². The number of hydrogen-bond acceptors (Lipinski definition) is 5. The monoisotopic (exact) mass is 437 g/mol. The molecule has 1 aromatic heterocycles. The first-order chi connectivity index (χ1) is 14.8. The Kier molecular flexibility index (Phi) is 5.41. The van der Waals surface area contributed by atoms with Gasteiger partial charge in [0.15, 0.2) is 0 Å². The van der Waals surface area contributed by atoms with Gasteiger partial charge in [-0.2, -0.15) is 0 Å². The van der Waals surface area contributed by atoms with Gasteiger partial charge in [-0.25, -0.2) is 8.42 Å². The molecule has 3 aromatic rings. The summed E-state index contributed by atoms with van der Waals surface area (Å²) in [7, 11) is -2.45. The molecule has 1 N–H and O–H groups in total. The zero-order valence-electron chi connectivity index (χ0n) is 17.5. The van der Waals surface area contributed by atoms with Crippen LogP contribution in [0.5, 0.6) is 5.75 Å². The average molecular weight is 438 g/mol. The third kappa shape index (κ3) is 3.98. The molecule has 0 bridgehead atoms. The molecule has 7 nitrogen and oxygen atoms in total. The van der Waals surface area contributed by atoms with Crippen LogP contribution in [0.4, 0.5) is 11.4 Å². The molecular formula is C23H23N3O4S. The summed E-state index contributed by atoms with van der Waals surface area (Å²) in [4.78, 5) is 18.6. The van der Waals surface area contributed by atoms with E-state index in [4.69, 9.17) is 4.74 Å². The van der Waals surface area contributed by atoms with Gasteiger partial charge in [0.2, 0.25) is 0 Å². The normalized spacial score (nSPS) is 13.1. The lowest BCUT2D eigenvalue weighted by atomic mass is 10.1. The van der Waals surface area contributed by atoms with Crippen LogP contribution in [0.3, 0.4) is 0 Å². The van der Waals surface area contributed by atoms with Gasteiger partial charge in [-0.1, -0.05) is 6.07 Å². The molecule has 160 valence electrons. The SMILES string of the molecule is COc1cc(C)c(C)cc1S(=O)(=O)Nc1ccc2c(c1)N(C(=O)c1cccnc1)CC2. The molecule has 1 amide bonds. The standard InChI is InChI=1S/C23H23N3O4S/c1-15-11-21(30-3)22(12-16(15)2)31(28,29)25-19-7-6-17-8-10-26(20(17)13-19)23(27)18-5-4-9-24-14-18/h4-7,9,11-14,25H,8,10H2,1-3H3. The number of ether oxygens (including phenoxy) is 1. The molecule has 8 heteroatoms. The van der Waals surface area contributed by atoms with E-state index in [0.717, 1.165) is 16.7 Å². The van der Waals surface area contributed by atoms with Gasteiger partial charge in [-0.15, -0.1) is 0 Å². The van der Waals surface area contributed by atoms with Crippen molar-refractivity contribution < 1.29 is 17.9 Å². The Balaban J connectivity index is 1.66. The van der Waals surface area contributed by atoms with Crippen LogP contribution in [-0.2, 0) is 16.4 Å². The van der Waals surface area contributed by atoms with Crippen molar-refractivity contribution >= 4 is 27.3 Å². The maximum absolute atomic E-state index is 13.1. The Hall–Kier alpha value is -3.39. The molecule has 4 rings (SSSR count). The van der Waals surface area contributed by atoms with E-state index in [1.165, 1.54) is 13.3 Å². The average Bonchev–Trinajstić information content (AvgIpc) is 3.18. The van der Waals surface area contributed by atoms with E-state index in [0.29, 0.717) is 29.9 Å². The van der Waals surface area contributed by atoms with E-state index >= 15 is 0 Å². The van der Waals surface area contributed by atoms with Gasteiger partial charge in [-0.3, -0.25) is 14.5 Å². The minimum absolute atomic E-state index is 0.0712. The first-order valence-electron chi connectivity index (χ1n) is 9.83. The summed E-state index contributed by atoms with van der Waals surface area (Å²) in [6, 6.07) is 12.0. The molecule has 0 fully saturated rings. The van der Waals surface area contributed by atoms with E-state index in [1.807, 2.05) is 19.9 Å². The van der Waals surface area contributed by atoms with Gasteiger partial charge in [0.1, 0.15) is 10.6 Å². The summed E-state index contributed by atoms with van der Waals surface area (Å²) in [5.74, 6) is 0.118. The van der Waals surface area contributed by atoms with Crippen molar-refractivity contribution in [2.24, 2.45) is 0 Å². The van der Waals surface area contributed by atoms with E-state index < -0.39 is 10.0 Å². The van der Waals surface area contributed by atoms with Gasteiger partial charge < -0.3 is 9.64 Å². The van der Waals surface area contributed by atoms with Crippen LogP contribution < -0.4 is 14.4 Å². The molecule has 1 aliphatic rings. The number of nitrogens with zero attached hydrogens (tertiary/aromatic N) is 2. The summed E-state index contributed by atoms with van der Waals surface area (Å²) < 4.78 is 34.1. The lowest BCUT2D eigenvalue weighted by Gasteiger charge is -2.19. The Morgan fingerprint density at radius 3 is 2.61 bits per heavy atom. The molecule has 0 aliphatic carbocycles. The number of pyridine rings is 1. The highest BCUT2D eigenvalue weighted by molar-refractivity contribution is 7.92. The number of nitrogens with one attached hydrogen (secondary N) is 1. The zero-order valence-corrected chi connectivity index (χ0v) is 18.4. The quantitative estimate of drug-likeness (QED) is 0.657. The number of hydrogen-bond donors (Lipinski definition) is 1. The lowest BCUT2D eigenvalue weighted by Crippen LogP contribution is -2.29. The van der Waals surface area contributed by atoms with Gasteiger partial charge in [-0.05, 0) is 73.4 Å². The van der Waals surface area contributed by atoms with Crippen molar-refractivity contribution in [3.63, 3.8) is 0 Å². The summed E-state index contributed by atoms with van der Waals surface area (Å²) >= 11 is 0. The van der Waals surface area contributed by atoms with Crippen molar-refractivity contribution in [3.8, 4) is 5.75 Å². The molecule has 2 heterocycles. The maximum atomic E-state index is 13.1. The number of methoxy groups -OCH3 is 1. The van der Waals surface area contributed by atoms with Gasteiger partial charge in [0.05, 0.1) is 18.4 Å². The topological polar surface area (TPSA) is 88.6 Å². The van der Waals surface area contributed by atoms with Crippen molar-refractivity contribution in [2.45, 2.75) is 25.2 Å². The van der Waals surface area contributed by atoms with Crippen molar-refractivity contribution in [1.82, 2.24) is 4.98 Å². The number of benzene rings is 2. The number of carbonyl (C=O) groups is 1. The number of fused-ring (bicyclic) bond motifs is 1. The number of anilines is 2. The van der Waals surface area contributed by atoms with Crippen molar-refractivity contribution in [2.75, 3.05) is 23.3 Å². The summed E-state index contributed by atoms with van der Waals surface area (Å²) in [6.07, 6.45) is 3.85. The highest BCUT2D eigenvalue weighted by atomic mass is 32.2. The second kappa shape index (κ2) is 8.03. The number of rotatable bonds is 5.